The molecule has 7 heteroatoms. The van der Waals surface area contributed by atoms with Crippen molar-refractivity contribution in [1.82, 2.24) is 14.9 Å². The SMILES string of the molecule is CN(C)Cc1[nH]c(-c2ccc(-c3ccccc3C(F)(F)F)o2)nc1-c1ccc(C2CCC2)cc1. The molecule has 2 aromatic heterocycles. The first-order valence-corrected chi connectivity index (χ1v) is 11.4. The highest BCUT2D eigenvalue weighted by molar-refractivity contribution is 5.69. The first kappa shape index (κ1) is 22.5. The van der Waals surface area contributed by atoms with Crippen molar-refractivity contribution >= 4 is 0 Å². The second-order valence-corrected chi connectivity index (χ2v) is 9.11. The minimum Gasteiger partial charge on any atom is -0.453 e. The largest absolute Gasteiger partial charge is 0.453 e. The van der Waals surface area contributed by atoms with E-state index in [1.807, 2.05) is 19.0 Å². The van der Waals surface area contributed by atoms with Gasteiger partial charge in [-0.1, -0.05) is 48.9 Å². The summed E-state index contributed by atoms with van der Waals surface area (Å²) in [6.07, 6.45) is -0.682. The van der Waals surface area contributed by atoms with E-state index in [2.05, 4.69) is 29.2 Å². The number of hydrogen-bond acceptors (Lipinski definition) is 3. The maximum atomic E-state index is 13.5. The fourth-order valence-corrected chi connectivity index (χ4v) is 4.41. The third-order valence-electron chi connectivity index (χ3n) is 6.35. The average molecular weight is 466 g/mol. The van der Waals surface area contributed by atoms with E-state index in [1.165, 1.54) is 37.0 Å². The van der Waals surface area contributed by atoms with Gasteiger partial charge in [0.1, 0.15) is 5.76 Å². The van der Waals surface area contributed by atoms with Gasteiger partial charge in [-0.2, -0.15) is 13.2 Å². The van der Waals surface area contributed by atoms with Gasteiger partial charge in [0.15, 0.2) is 11.6 Å². The van der Waals surface area contributed by atoms with Crippen molar-refractivity contribution in [2.45, 2.75) is 37.9 Å². The molecule has 1 aliphatic carbocycles. The molecule has 34 heavy (non-hydrogen) atoms. The zero-order valence-corrected chi connectivity index (χ0v) is 19.1. The van der Waals surface area contributed by atoms with Gasteiger partial charge in [0.05, 0.1) is 17.0 Å². The highest BCUT2D eigenvalue weighted by Crippen LogP contribution is 2.39. The van der Waals surface area contributed by atoms with Crippen LogP contribution < -0.4 is 0 Å². The lowest BCUT2D eigenvalue weighted by Crippen LogP contribution is -2.11. The van der Waals surface area contributed by atoms with Gasteiger partial charge in [-0.05, 0) is 56.6 Å². The lowest BCUT2D eigenvalue weighted by atomic mass is 9.80. The minimum atomic E-state index is -4.47. The molecule has 176 valence electrons. The Hall–Kier alpha value is -3.32. The number of rotatable bonds is 6. The number of halogens is 3. The molecule has 0 unspecified atom stereocenters. The summed E-state index contributed by atoms with van der Waals surface area (Å²) in [5.74, 6) is 1.70. The molecule has 4 nitrogen and oxygen atoms in total. The summed E-state index contributed by atoms with van der Waals surface area (Å²) in [7, 11) is 3.95. The van der Waals surface area contributed by atoms with Crippen molar-refractivity contribution < 1.29 is 17.6 Å². The number of H-pyrrole nitrogens is 1. The number of imidazole rings is 1. The Kier molecular flexibility index (Phi) is 5.81. The number of aromatic nitrogens is 2. The van der Waals surface area contributed by atoms with E-state index in [1.54, 1.807) is 18.2 Å². The molecular formula is C27H26F3N3O. The quantitative estimate of drug-likeness (QED) is 0.324. The fraction of sp³-hybridized carbons (Fsp3) is 0.296. The second kappa shape index (κ2) is 8.80. The van der Waals surface area contributed by atoms with E-state index < -0.39 is 11.7 Å². The Morgan fingerprint density at radius 3 is 2.32 bits per heavy atom. The van der Waals surface area contributed by atoms with E-state index in [-0.39, 0.29) is 11.3 Å². The predicted octanol–water partition coefficient (Wildman–Crippen LogP) is 7.35. The van der Waals surface area contributed by atoms with Gasteiger partial charge in [-0.15, -0.1) is 0 Å². The maximum absolute atomic E-state index is 13.5. The fourth-order valence-electron chi connectivity index (χ4n) is 4.41. The van der Waals surface area contributed by atoms with Crippen LogP contribution in [-0.2, 0) is 12.7 Å². The zero-order valence-electron chi connectivity index (χ0n) is 19.1. The summed E-state index contributed by atoms with van der Waals surface area (Å²) in [4.78, 5) is 10.2. The Morgan fingerprint density at radius 1 is 0.971 bits per heavy atom. The summed E-state index contributed by atoms with van der Waals surface area (Å²) >= 11 is 0. The van der Waals surface area contributed by atoms with Gasteiger partial charge >= 0.3 is 6.18 Å². The van der Waals surface area contributed by atoms with Crippen LogP contribution in [0.3, 0.4) is 0 Å². The molecule has 1 fully saturated rings. The smallest absolute Gasteiger partial charge is 0.417 e. The van der Waals surface area contributed by atoms with Crippen molar-refractivity contribution in [3.63, 3.8) is 0 Å². The number of nitrogens with one attached hydrogen (secondary N) is 1. The summed E-state index contributed by atoms with van der Waals surface area (Å²) < 4.78 is 46.3. The van der Waals surface area contributed by atoms with E-state index in [4.69, 9.17) is 9.40 Å². The normalized spacial score (nSPS) is 14.5. The van der Waals surface area contributed by atoms with Gasteiger partial charge < -0.3 is 14.3 Å². The van der Waals surface area contributed by atoms with Crippen LogP contribution >= 0.6 is 0 Å². The molecule has 1 N–H and O–H groups in total. The summed E-state index contributed by atoms with van der Waals surface area (Å²) in [5, 5.41) is 0. The van der Waals surface area contributed by atoms with Crippen LogP contribution in [0.5, 0.6) is 0 Å². The van der Waals surface area contributed by atoms with Gasteiger partial charge in [0.25, 0.3) is 0 Å². The van der Waals surface area contributed by atoms with Gasteiger partial charge in [-0.3, -0.25) is 0 Å². The van der Waals surface area contributed by atoms with E-state index in [0.29, 0.717) is 24.0 Å². The molecule has 0 saturated heterocycles. The zero-order chi connectivity index (χ0) is 23.9. The molecule has 2 heterocycles. The van der Waals surface area contributed by atoms with E-state index >= 15 is 0 Å². The lowest BCUT2D eigenvalue weighted by molar-refractivity contribution is -0.137. The van der Waals surface area contributed by atoms with Crippen molar-refractivity contribution in [3.05, 3.63) is 77.5 Å². The third kappa shape index (κ3) is 4.40. The highest BCUT2D eigenvalue weighted by Gasteiger charge is 2.34. The Bertz CT molecular complexity index is 1280. The van der Waals surface area contributed by atoms with Gasteiger partial charge in [-0.25, -0.2) is 4.98 Å². The minimum absolute atomic E-state index is 0.00753. The number of benzene rings is 2. The van der Waals surface area contributed by atoms with Crippen molar-refractivity contribution in [3.8, 4) is 34.2 Å². The van der Waals surface area contributed by atoms with E-state index in [9.17, 15) is 13.2 Å². The standard InChI is InChI=1S/C27H26F3N3O/c1-33(2)16-22-25(19-12-10-18(11-13-19)17-6-5-7-17)32-26(31-22)24-15-14-23(34-24)20-8-3-4-9-21(20)27(28,29)30/h3-4,8-15,17H,5-7,16H2,1-2H3,(H,31,32). The molecule has 1 saturated carbocycles. The molecule has 2 aromatic carbocycles. The first-order valence-electron chi connectivity index (χ1n) is 11.4. The number of aromatic amines is 1. The Labute approximate surface area is 196 Å². The molecule has 5 rings (SSSR count). The van der Waals surface area contributed by atoms with Crippen molar-refractivity contribution in [1.29, 1.82) is 0 Å². The van der Waals surface area contributed by atoms with E-state index in [0.717, 1.165) is 23.0 Å². The summed E-state index contributed by atoms with van der Waals surface area (Å²) in [5.41, 5.74) is 3.38. The molecule has 4 aromatic rings. The molecule has 0 bridgehead atoms. The molecule has 0 aliphatic heterocycles. The maximum Gasteiger partial charge on any atom is 0.417 e. The van der Waals surface area contributed by atoms with Crippen LogP contribution in [0.25, 0.3) is 34.2 Å². The Morgan fingerprint density at radius 2 is 1.68 bits per heavy atom. The average Bonchev–Trinajstić information content (AvgIpc) is 3.40. The van der Waals surface area contributed by atoms with Crippen LogP contribution in [-0.4, -0.2) is 29.0 Å². The summed E-state index contributed by atoms with van der Waals surface area (Å²) in [6, 6.07) is 17.2. The van der Waals surface area contributed by atoms with Gasteiger partial charge in [0.2, 0.25) is 0 Å². The van der Waals surface area contributed by atoms with Crippen molar-refractivity contribution in [2.75, 3.05) is 14.1 Å². The number of nitrogens with zero attached hydrogens (tertiary/aromatic N) is 2. The molecule has 0 atom stereocenters. The van der Waals surface area contributed by atoms with Crippen molar-refractivity contribution in [2.24, 2.45) is 0 Å². The van der Waals surface area contributed by atoms with Crippen LogP contribution in [0.4, 0.5) is 13.2 Å². The molecule has 0 radical (unpaired) electrons. The topological polar surface area (TPSA) is 45.1 Å². The third-order valence-corrected chi connectivity index (χ3v) is 6.35. The molecular weight excluding hydrogens is 439 g/mol. The van der Waals surface area contributed by atoms with Gasteiger partial charge in [0, 0.05) is 17.7 Å². The molecule has 0 spiro atoms. The van der Waals surface area contributed by atoms with Crippen LogP contribution in [0, 0.1) is 0 Å². The predicted molar refractivity (Wildman–Crippen MR) is 126 cm³/mol. The second-order valence-electron chi connectivity index (χ2n) is 9.11. The first-order chi connectivity index (χ1) is 16.3. The Balaban J connectivity index is 1.50. The number of alkyl halides is 3. The highest BCUT2D eigenvalue weighted by atomic mass is 19.4. The monoisotopic (exact) mass is 465 g/mol. The lowest BCUT2D eigenvalue weighted by Gasteiger charge is -2.25. The molecule has 0 amide bonds. The number of furan rings is 1. The molecule has 1 aliphatic rings. The number of hydrogen-bond donors (Lipinski definition) is 1. The summed E-state index contributed by atoms with van der Waals surface area (Å²) in [6.45, 7) is 0.636. The van der Waals surface area contributed by atoms with Crippen LogP contribution in [0.2, 0.25) is 0 Å². The van der Waals surface area contributed by atoms with Crippen LogP contribution in [0.1, 0.15) is 42.0 Å². The van der Waals surface area contributed by atoms with Crippen LogP contribution in [0.15, 0.2) is 65.1 Å².